The van der Waals surface area contributed by atoms with Gasteiger partial charge in [0.1, 0.15) is 0 Å². The molecule has 1 aromatic rings. The maximum atomic E-state index is 6.96. The molecule has 0 spiro atoms. The normalized spacial score (nSPS) is 8.86. The predicted octanol–water partition coefficient (Wildman–Crippen LogP) is 3.34. The minimum absolute atomic E-state index is 0.789. The van der Waals surface area contributed by atoms with E-state index in [-0.39, 0.29) is 0 Å². The molecule has 0 aliphatic carbocycles. The van der Waals surface area contributed by atoms with E-state index in [1.807, 2.05) is 24.3 Å². The van der Waals surface area contributed by atoms with Gasteiger partial charge in [0.15, 0.2) is 0 Å². The van der Waals surface area contributed by atoms with E-state index in [0.29, 0.717) is 0 Å². The number of hydrogen-bond donors (Lipinski definition) is 2. The van der Waals surface area contributed by atoms with Gasteiger partial charge in [-0.1, -0.05) is 45.0 Å². The van der Waals surface area contributed by atoms with Gasteiger partial charge in [0.2, 0.25) is 0 Å². The van der Waals surface area contributed by atoms with Gasteiger partial charge < -0.3 is 10.8 Å². The van der Waals surface area contributed by atoms with Crippen molar-refractivity contribution in [2.45, 2.75) is 20.8 Å². The van der Waals surface area contributed by atoms with E-state index in [1.165, 1.54) is 12.4 Å². The molecule has 0 bridgehead atoms. The first kappa shape index (κ1) is 12.6. The monoisotopic (exact) mass is 190 g/mol. The van der Waals surface area contributed by atoms with Gasteiger partial charge in [-0.05, 0) is 5.92 Å². The molecule has 2 N–H and O–H groups in total. The maximum absolute atomic E-state index is 6.96. The Hall–Kier alpha value is -1.44. The van der Waals surface area contributed by atoms with Crippen molar-refractivity contribution in [2.24, 2.45) is 5.92 Å². The van der Waals surface area contributed by atoms with Gasteiger partial charge in [-0.25, -0.2) is 0 Å². The fourth-order valence-electron chi connectivity index (χ4n) is 0.774. The van der Waals surface area contributed by atoms with Crippen LogP contribution in [0, 0.1) is 16.7 Å². The van der Waals surface area contributed by atoms with Crippen LogP contribution in [0.3, 0.4) is 0 Å². The van der Waals surface area contributed by atoms with Crippen molar-refractivity contribution < 1.29 is 0 Å². The van der Waals surface area contributed by atoms with Gasteiger partial charge in [0, 0.05) is 23.6 Å². The van der Waals surface area contributed by atoms with E-state index < -0.39 is 0 Å². The molecule has 0 saturated carbocycles. The van der Waals surface area contributed by atoms with Gasteiger partial charge in [0.25, 0.3) is 0 Å². The summed E-state index contributed by atoms with van der Waals surface area (Å²) in [5.41, 5.74) is 1.58. The quantitative estimate of drug-likeness (QED) is 0.672. The second-order valence-electron chi connectivity index (χ2n) is 3.65. The average Bonchev–Trinajstić information content (AvgIpc) is 2.17. The predicted molar refractivity (Wildman–Crippen MR) is 62.7 cm³/mol. The molecule has 2 heteroatoms. The topological polar surface area (TPSA) is 47.7 Å². The largest absolute Gasteiger partial charge is 0.308 e. The molecule has 1 rings (SSSR count). The Labute approximate surface area is 86.0 Å². The molecule has 0 aromatic heterocycles. The SMILES string of the molecule is CC(C)C.N=Cc1ccccc1C=N. The molecule has 0 unspecified atom stereocenters. The van der Waals surface area contributed by atoms with Crippen molar-refractivity contribution in [3.05, 3.63) is 35.4 Å². The van der Waals surface area contributed by atoms with Gasteiger partial charge in [0.05, 0.1) is 0 Å². The summed E-state index contributed by atoms with van der Waals surface area (Å²) in [7, 11) is 0. The van der Waals surface area contributed by atoms with Gasteiger partial charge in [-0.15, -0.1) is 0 Å². The molecule has 0 aliphatic rings. The summed E-state index contributed by atoms with van der Waals surface area (Å²) in [5, 5.41) is 13.9. The molecule has 0 saturated heterocycles. The van der Waals surface area contributed by atoms with Gasteiger partial charge >= 0.3 is 0 Å². The fourth-order valence-corrected chi connectivity index (χ4v) is 0.774. The minimum atomic E-state index is 0.789. The summed E-state index contributed by atoms with van der Waals surface area (Å²) < 4.78 is 0. The fraction of sp³-hybridized carbons (Fsp3) is 0.333. The standard InChI is InChI=1S/C8H8N2.C4H10/c9-5-7-3-1-2-4-8(7)6-10;1-4(2)3/h1-6,9-10H;4H,1-3H3. The highest BCUT2D eigenvalue weighted by molar-refractivity contribution is 5.91. The smallest absolute Gasteiger partial charge is 0.0256 e. The summed E-state index contributed by atoms with van der Waals surface area (Å²) in [6, 6.07) is 7.33. The molecule has 0 heterocycles. The number of benzene rings is 1. The molecule has 0 atom stereocenters. The van der Waals surface area contributed by atoms with E-state index in [9.17, 15) is 0 Å². The summed E-state index contributed by atoms with van der Waals surface area (Å²) >= 11 is 0. The molecule has 76 valence electrons. The first-order valence-corrected chi connectivity index (χ1v) is 4.71. The van der Waals surface area contributed by atoms with Crippen molar-refractivity contribution in [1.29, 1.82) is 10.8 Å². The van der Waals surface area contributed by atoms with Gasteiger partial charge in [-0.2, -0.15) is 0 Å². The third-order valence-electron chi connectivity index (χ3n) is 1.31. The van der Waals surface area contributed by atoms with Crippen molar-refractivity contribution >= 4 is 12.4 Å². The van der Waals surface area contributed by atoms with Crippen LogP contribution in [-0.4, -0.2) is 12.4 Å². The van der Waals surface area contributed by atoms with Crippen molar-refractivity contribution in [3.63, 3.8) is 0 Å². The van der Waals surface area contributed by atoms with Crippen LogP contribution in [-0.2, 0) is 0 Å². The van der Waals surface area contributed by atoms with Gasteiger partial charge in [-0.3, -0.25) is 0 Å². The van der Waals surface area contributed by atoms with Crippen LogP contribution in [0.2, 0.25) is 0 Å². The number of nitrogens with one attached hydrogen (secondary N) is 2. The lowest BCUT2D eigenvalue weighted by molar-refractivity contribution is 0.737. The Morgan fingerprint density at radius 3 is 1.43 bits per heavy atom. The Bertz CT molecular complexity index is 260. The third-order valence-corrected chi connectivity index (χ3v) is 1.31. The van der Waals surface area contributed by atoms with Crippen LogP contribution in [0.4, 0.5) is 0 Å². The summed E-state index contributed by atoms with van der Waals surface area (Å²) in [4.78, 5) is 0. The molecule has 0 radical (unpaired) electrons. The first-order valence-electron chi connectivity index (χ1n) is 4.71. The molecule has 14 heavy (non-hydrogen) atoms. The van der Waals surface area contributed by atoms with Crippen LogP contribution in [0.15, 0.2) is 24.3 Å². The van der Waals surface area contributed by atoms with Crippen molar-refractivity contribution in [2.75, 3.05) is 0 Å². The van der Waals surface area contributed by atoms with Crippen molar-refractivity contribution in [3.8, 4) is 0 Å². The summed E-state index contributed by atoms with van der Waals surface area (Å²) in [6.45, 7) is 6.50. The molecular formula is C12H18N2. The Morgan fingerprint density at radius 2 is 1.21 bits per heavy atom. The number of rotatable bonds is 2. The highest BCUT2D eigenvalue weighted by atomic mass is 14.3. The first-order chi connectivity index (χ1) is 6.61. The molecule has 0 aliphatic heterocycles. The number of hydrogen-bond acceptors (Lipinski definition) is 2. The Balaban J connectivity index is 0.000000364. The molecule has 2 nitrogen and oxygen atoms in total. The van der Waals surface area contributed by atoms with Crippen LogP contribution in [0.25, 0.3) is 0 Å². The van der Waals surface area contributed by atoms with E-state index in [1.54, 1.807) is 0 Å². The zero-order valence-corrected chi connectivity index (χ0v) is 9.04. The van der Waals surface area contributed by atoms with Crippen LogP contribution < -0.4 is 0 Å². The lowest BCUT2D eigenvalue weighted by atomic mass is 10.1. The third kappa shape index (κ3) is 5.25. The maximum Gasteiger partial charge on any atom is 0.0256 e. The lowest BCUT2D eigenvalue weighted by Crippen LogP contribution is -1.87. The van der Waals surface area contributed by atoms with E-state index in [0.717, 1.165) is 17.0 Å². The summed E-state index contributed by atoms with van der Waals surface area (Å²) in [6.07, 6.45) is 2.50. The Kier molecular flexibility index (Phi) is 6.29. The highest BCUT2D eigenvalue weighted by Crippen LogP contribution is 2.01. The van der Waals surface area contributed by atoms with Crippen molar-refractivity contribution in [1.82, 2.24) is 0 Å². The van der Waals surface area contributed by atoms with Crippen LogP contribution in [0.1, 0.15) is 31.9 Å². The van der Waals surface area contributed by atoms with E-state index in [2.05, 4.69) is 20.8 Å². The minimum Gasteiger partial charge on any atom is -0.308 e. The molecule has 1 aromatic carbocycles. The second kappa shape index (κ2) is 7.01. The summed E-state index contributed by atoms with van der Waals surface area (Å²) in [5.74, 6) is 0.833. The van der Waals surface area contributed by atoms with E-state index >= 15 is 0 Å². The lowest BCUT2D eigenvalue weighted by Gasteiger charge is -1.94. The average molecular weight is 190 g/mol. The zero-order chi connectivity index (χ0) is 11.0. The van der Waals surface area contributed by atoms with E-state index in [4.69, 9.17) is 10.8 Å². The highest BCUT2D eigenvalue weighted by Gasteiger charge is 1.91. The zero-order valence-electron chi connectivity index (χ0n) is 9.04. The Morgan fingerprint density at radius 1 is 0.929 bits per heavy atom. The molecular weight excluding hydrogens is 172 g/mol. The molecule has 0 fully saturated rings. The van der Waals surface area contributed by atoms with Crippen LogP contribution in [0.5, 0.6) is 0 Å². The van der Waals surface area contributed by atoms with Crippen LogP contribution >= 0.6 is 0 Å². The molecule has 0 amide bonds. The second-order valence-corrected chi connectivity index (χ2v) is 3.65.